The number of carbonyl (C=O) groups excluding carboxylic acids is 1. The topological polar surface area (TPSA) is 70.5 Å². The summed E-state index contributed by atoms with van der Waals surface area (Å²) in [6.45, 7) is 1.45. The summed E-state index contributed by atoms with van der Waals surface area (Å²) in [6, 6.07) is 3.77. The lowest BCUT2D eigenvalue weighted by molar-refractivity contribution is -0.137. The molecule has 1 aliphatic rings. The number of hydrogen-bond acceptors (Lipinski definition) is 4. The monoisotopic (exact) mass is 294 g/mol. The maximum absolute atomic E-state index is 12.1. The smallest absolute Gasteiger partial charge is 0.303 e. The second kappa shape index (κ2) is 7.28. The zero-order valence-corrected chi connectivity index (χ0v) is 12.0. The van der Waals surface area contributed by atoms with E-state index in [0.29, 0.717) is 24.6 Å². The molecule has 2 heterocycles. The average molecular weight is 294 g/mol. The van der Waals surface area contributed by atoms with Gasteiger partial charge in [-0.05, 0) is 30.9 Å². The molecule has 1 aliphatic heterocycles. The highest BCUT2D eigenvalue weighted by molar-refractivity contribution is 8.00. The number of pyridine rings is 1. The van der Waals surface area contributed by atoms with Crippen LogP contribution in [0.1, 0.15) is 19.3 Å². The van der Waals surface area contributed by atoms with Gasteiger partial charge in [-0.3, -0.25) is 14.6 Å². The molecule has 0 saturated carbocycles. The van der Waals surface area contributed by atoms with Gasteiger partial charge in [0.05, 0.1) is 5.75 Å². The summed E-state index contributed by atoms with van der Waals surface area (Å²) in [6.07, 6.45) is 5.20. The van der Waals surface area contributed by atoms with Gasteiger partial charge in [-0.15, -0.1) is 11.8 Å². The van der Waals surface area contributed by atoms with E-state index in [1.165, 1.54) is 11.8 Å². The molecule has 1 N–H and O–H groups in total. The highest BCUT2D eigenvalue weighted by Crippen LogP contribution is 2.23. The van der Waals surface area contributed by atoms with E-state index < -0.39 is 5.97 Å². The number of nitrogens with zero attached hydrogens (tertiary/aromatic N) is 2. The van der Waals surface area contributed by atoms with Crippen LogP contribution in [0, 0.1) is 5.92 Å². The maximum Gasteiger partial charge on any atom is 0.303 e. The predicted molar refractivity (Wildman–Crippen MR) is 76.5 cm³/mol. The lowest BCUT2D eigenvalue weighted by Crippen LogP contribution is -2.30. The minimum Gasteiger partial charge on any atom is -0.481 e. The van der Waals surface area contributed by atoms with Gasteiger partial charge in [0, 0.05) is 36.8 Å². The minimum absolute atomic E-state index is 0.129. The van der Waals surface area contributed by atoms with E-state index in [1.807, 2.05) is 17.0 Å². The van der Waals surface area contributed by atoms with Crippen molar-refractivity contribution in [2.75, 3.05) is 18.8 Å². The second-order valence-electron chi connectivity index (χ2n) is 4.90. The molecule has 0 spiro atoms. The first kappa shape index (κ1) is 14.8. The molecule has 2 rings (SSSR count). The van der Waals surface area contributed by atoms with Gasteiger partial charge in [-0.2, -0.15) is 0 Å². The lowest BCUT2D eigenvalue weighted by atomic mass is 10.0. The van der Waals surface area contributed by atoms with Crippen LogP contribution in [0.4, 0.5) is 0 Å². The molecule has 0 aliphatic carbocycles. The number of likely N-dealkylation sites (tertiary alicyclic amines) is 1. The number of hydrogen-bond donors (Lipinski definition) is 1. The molecule has 5 nitrogen and oxygen atoms in total. The van der Waals surface area contributed by atoms with Gasteiger partial charge < -0.3 is 10.0 Å². The third-order valence-electron chi connectivity index (χ3n) is 3.42. The van der Waals surface area contributed by atoms with Crippen LogP contribution < -0.4 is 0 Å². The van der Waals surface area contributed by atoms with Gasteiger partial charge in [0.1, 0.15) is 0 Å². The molecule has 1 unspecified atom stereocenters. The molecule has 0 aromatic carbocycles. The summed E-state index contributed by atoms with van der Waals surface area (Å²) >= 11 is 1.51. The normalized spacial score (nSPS) is 18.2. The fourth-order valence-electron chi connectivity index (χ4n) is 2.29. The molecular formula is C14H18N2O3S. The van der Waals surface area contributed by atoms with Crippen LogP contribution in [-0.2, 0) is 9.59 Å². The van der Waals surface area contributed by atoms with Gasteiger partial charge in [0.2, 0.25) is 5.91 Å². The lowest BCUT2D eigenvalue weighted by Gasteiger charge is -2.16. The number of aromatic nitrogens is 1. The summed E-state index contributed by atoms with van der Waals surface area (Å²) in [5.74, 6) is 0.129. The summed E-state index contributed by atoms with van der Waals surface area (Å²) in [4.78, 5) is 29.4. The Balaban J connectivity index is 1.73. The summed E-state index contributed by atoms with van der Waals surface area (Å²) in [7, 11) is 0. The first-order valence-electron chi connectivity index (χ1n) is 6.67. The van der Waals surface area contributed by atoms with E-state index in [0.717, 1.165) is 17.9 Å². The standard InChI is InChI=1S/C14H18N2O3S/c17-13(10-20-12-3-6-15-7-4-12)16-8-5-11(9-16)1-2-14(18)19/h3-4,6-7,11H,1-2,5,8-10H2,(H,18,19). The number of amides is 1. The highest BCUT2D eigenvalue weighted by atomic mass is 32.2. The Kier molecular flexibility index (Phi) is 5.40. The van der Waals surface area contributed by atoms with Crippen LogP contribution >= 0.6 is 11.8 Å². The Morgan fingerprint density at radius 2 is 2.15 bits per heavy atom. The molecule has 1 saturated heterocycles. The number of thioether (sulfide) groups is 1. The Bertz CT molecular complexity index is 467. The van der Waals surface area contributed by atoms with Crippen molar-refractivity contribution in [3.05, 3.63) is 24.5 Å². The SMILES string of the molecule is O=C(O)CCC1CCN(C(=O)CSc2ccncc2)C1. The molecule has 0 bridgehead atoms. The maximum atomic E-state index is 12.1. The largest absolute Gasteiger partial charge is 0.481 e. The zero-order chi connectivity index (χ0) is 14.4. The average Bonchev–Trinajstić information content (AvgIpc) is 2.92. The Hall–Kier alpha value is -1.56. The zero-order valence-electron chi connectivity index (χ0n) is 11.2. The Labute approximate surface area is 122 Å². The molecule has 1 aromatic rings. The van der Waals surface area contributed by atoms with E-state index in [4.69, 9.17) is 5.11 Å². The quantitative estimate of drug-likeness (QED) is 0.811. The van der Waals surface area contributed by atoms with E-state index in [1.54, 1.807) is 12.4 Å². The Morgan fingerprint density at radius 3 is 2.85 bits per heavy atom. The molecule has 108 valence electrons. The van der Waals surface area contributed by atoms with E-state index in [-0.39, 0.29) is 12.3 Å². The van der Waals surface area contributed by atoms with Crippen molar-refractivity contribution in [2.45, 2.75) is 24.2 Å². The summed E-state index contributed by atoms with van der Waals surface area (Å²) in [5, 5.41) is 8.67. The number of carboxylic acid groups (broad SMARTS) is 1. The van der Waals surface area contributed by atoms with Gasteiger partial charge >= 0.3 is 5.97 Å². The van der Waals surface area contributed by atoms with Crippen LogP contribution in [-0.4, -0.2) is 45.7 Å². The number of aliphatic carboxylic acids is 1. The third-order valence-corrected chi connectivity index (χ3v) is 4.41. The predicted octanol–water partition coefficient (Wildman–Crippen LogP) is 1.89. The summed E-state index contributed by atoms with van der Waals surface area (Å²) in [5.41, 5.74) is 0. The van der Waals surface area contributed by atoms with Crippen molar-refractivity contribution in [3.63, 3.8) is 0 Å². The van der Waals surface area contributed by atoms with Crippen LogP contribution in [0.5, 0.6) is 0 Å². The molecule has 6 heteroatoms. The number of carbonyl (C=O) groups is 2. The molecular weight excluding hydrogens is 276 g/mol. The van der Waals surface area contributed by atoms with E-state index in [9.17, 15) is 9.59 Å². The van der Waals surface area contributed by atoms with Crippen molar-refractivity contribution in [3.8, 4) is 0 Å². The van der Waals surface area contributed by atoms with Crippen LogP contribution in [0.25, 0.3) is 0 Å². The molecule has 1 amide bonds. The van der Waals surface area contributed by atoms with E-state index in [2.05, 4.69) is 4.98 Å². The van der Waals surface area contributed by atoms with Crippen LogP contribution in [0.3, 0.4) is 0 Å². The third kappa shape index (κ3) is 4.52. The fourth-order valence-corrected chi connectivity index (χ4v) is 3.08. The summed E-state index contributed by atoms with van der Waals surface area (Å²) < 4.78 is 0. The number of rotatable bonds is 6. The fraction of sp³-hybridized carbons (Fsp3) is 0.500. The highest BCUT2D eigenvalue weighted by Gasteiger charge is 2.26. The van der Waals surface area contributed by atoms with Gasteiger partial charge in [0.25, 0.3) is 0 Å². The van der Waals surface area contributed by atoms with Crippen molar-refractivity contribution < 1.29 is 14.7 Å². The van der Waals surface area contributed by atoms with Crippen molar-refractivity contribution >= 4 is 23.6 Å². The molecule has 1 atom stereocenters. The molecule has 20 heavy (non-hydrogen) atoms. The van der Waals surface area contributed by atoms with E-state index >= 15 is 0 Å². The molecule has 1 aromatic heterocycles. The molecule has 0 radical (unpaired) electrons. The first-order valence-corrected chi connectivity index (χ1v) is 7.66. The van der Waals surface area contributed by atoms with Crippen LogP contribution in [0.15, 0.2) is 29.4 Å². The second-order valence-corrected chi connectivity index (χ2v) is 5.95. The van der Waals surface area contributed by atoms with Crippen LogP contribution in [0.2, 0.25) is 0 Å². The van der Waals surface area contributed by atoms with Gasteiger partial charge in [-0.1, -0.05) is 0 Å². The number of carboxylic acids is 1. The van der Waals surface area contributed by atoms with Crippen molar-refractivity contribution in [1.82, 2.24) is 9.88 Å². The van der Waals surface area contributed by atoms with Crippen molar-refractivity contribution in [2.24, 2.45) is 5.92 Å². The molecule has 1 fully saturated rings. The van der Waals surface area contributed by atoms with Gasteiger partial charge in [0.15, 0.2) is 0 Å². The Morgan fingerprint density at radius 1 is 1.40 bits per heavy atom. The first-order chi connectivity index (χ1) is 9.65. The minimum atomic E-state index is -0.761. The van der Waals surface area contributed by atoms with Gasteiger partial charge in [-0.25, -0.2) is 0 Å². The van der Waals surface area contributed by atoms with Crippen molar-refractivity contribution in [1.29, 1.82) is 0 Å².